The third kappa shape index (κ3) is 3.86. The number of carbonyl (C=O) groups is 1. The molecule has 1 aromatic carbocycles. The van der Waals surface area contributed by atoms with E-state index >= 15 is 0 Å². The van der Waals surface area contributed by atoms with E-state index in [9.17, 15) is 13.2 Å². The number of amides is 1. The first-order valence-corrected chi connectivity index (χ1v) is 9.08. The number of hydrogen-bond donors (Lipinski definition) is 2. The maximum absolute atomic E-state index is 12.1. The summed E-state index contributed by atoms with van der Waals surface area (Å²) in [7, 11) is -2.18. The predicted octanol–water partition coefficient (Wildman–Crippen LogP) is 2.55. The van der Waals surface area contributed by atoms with Crippen LogP contribution in [0.3, 0.4) is 0 Å². The molecule has 118 valence electrons. The molecule has 0 unspecified atom stereocenters. The van der Waals surface area contributed by atoms with Crippen molar-refractivity contribution in [2.45, 2.75) is 17.7 Å². The Balaban J connectivity index is 2.07. The smallest absolute Gasteiger partial charge is 0.261 e. The third-order valence-corrected chi connectivity index (χ3v) is 6.31. The molecule has 5 nitrogen and oxygen atoms in total. The van der Waals surface area contributed by atoms with Gasteiger partial charge in [-0.15, -0.1) is 11.3 Å². The van der Waals surface area contributed by atoms with Crippen molar-refractivity contribution >= 4 is 38.9 Å². The fourth-order valence-electron chi connectivity index (χ4n) is 1.81. The second-order valence-electron chi connectivity index (χ2n) is 4.58. The molecule has 0 aliphatic rings. The van der Waals surface area contributed by atoms with Crippen LogP contribution in [-0.4, -0.2) is 21.4 Å². The van der Waals surface area contributed by atoms with Crippen LogP contribution in [0.25, 0.3) is 0 Å². The minimum atomic E-state index is -3.52. The van der Waals surface area contributed by atoms with E-state index in [0.29, 0.717) is 16.4 Å². The summed E-state index contributed by atoms with van der Waals surface area (Å²) in [6, 6.07) is 8.35. The number of rotatable bonds is 5. The Morgan fingerprint density at radius 2 is 2.00 bits per heavy atom. The van der Waals surface area contributed by atoms with Gasteiger partial charge in [-0.1, -0.05) is 17.7 Å². The topological polar surface area (TPSA) is 75.3 Å². The Morgan fingerprint density at radius 3 is 2.64 bits per heavy atom. The van der Waals surface area contributed by atoms with Gasteiger partial charge in [0.15, 0.2) is 0 Å². The molecule has 0 aliphatic carbocycles. The van der Waals surface area contributed by atoms with E-state index in [1.54, 1.807) is 6.07 Å². The Hall–Kier alpha value is -1.41. The monoisotopic (exact) mass is 358 g/mol. The van der Waals surface area contributed by atoms with Crippen LogP contribution in [0.15, 0.2) is 34.5 Å². The van der Waals surface area contributed by atoms with Crippen molar-refractivity contribution < 1.29 is 13.2 Å². The molecule has 0 bridgehead atoms. The van der Waals surface area contributed by atoms with Gasteiger partial charge in [0.1, 0.15) is 4.21 Å². The van der Waals surface area contributed by atoms with Crippen LogP contribution < -0.4 is 10.0 Å². The standard InChI is InChI=1S/C14H15ClN2O3S2/c1-9-7-11(15)4-3-10(9)8-17-14(18)12-5-6-13(21-12)22(19,20)16-2/h3-7,16H,8H2,1-2H3,(H,17,18). The molecule has 0 saturated carbocycles. The maximum Gasteiger partial charge on any atom is 0.261 e. The molecule has 0 saturated heterocycles. The number of hydrogen-bond acceptors (Lipinski definition) is 4. The molecular weight excluding hydrogens is 344 g/mol. The highest BCUT2D eigenvalue weighted by Crippen LogP contribution is 2.21. The number of halogens is 1. The van der Waals surface area contributed by atoms with Gasteiger partial charge >= 0.3 is 0 Å². The van der Waals surface area contributed by atoms with Gasteiger partial charge < -0.3 is 5.32 Å². The van der Waals surface area contributed by atoms with Crippen LogP contribution in [0, 0.1) is 6.92 Å². The molecule has 0 fully saturated rings. The van der Waals surface area contributed by atoms with Gasteiger partial charge in [0.2, 0.25) is 10.0 Å². The van der Waals surface area contributed by atoms with Crippen molar-refractivity contribution in [1.82, 2.24) is 10.0 Å². The van der Waals surface area contributed by atoms with Crippen LogP contribution in [0.4, 0.5) is 0 Å². The molecule has 2 aromatic rings. The fourth-order valence-corrected chi connectivity index (χ4v) is 4.09. The lowest BCUT2D eigenvalue weighted by Gasteiger charge is -2.07. The van der Waals surface area contributed by atoms with Crippen molar-refractivity contribution in [3.63, 3.8) is 0 Å². The lowest BCUT2D eigenvalue weighted by molar-refractivity contribution is 0.0955. The van der Waals surface area contributed by atoms with E-state index in [1.165, 1.54) is 19.2 Å². The largest absolute Gasteiger partial charge is 0.347 e. The van der Waals surface area contributed by atoms with Crippen molar-refractivity contribution in [3.8, 4) is 0 Å². The highest BCUT2D eigenvalue weighted by atomic mass is 35.5. The van der Waals surface area contributed by atoms with Gasteiger partial charge in [0.05, 0.1) is 4.88 Å². The van der Waals surface area contributed by atoms with E-state index in [4.69, 9.17) is 11.6 Å². The Bertz CT molecular complexity index is 800. The van der Waals surface area contributed by atoms with Gasteiger partial charge in [-0.3, -0.25) is 4.79 Å². The van der Waals surface area contributed by atoms with E-state index in [2.05, 4.69) is 10.0 Å². The molecule has 1 heterocycles. The van der Waals surface area contributed by atoms with E-state index in [-0.39, 0.29) is 10.1 Å². The first-order valence-electron chi connectivity index (χ1n) is 6.40. The highest BCUT2D eigenvalue weighted by Gasteiger charge is 2.17. The predicted molar refractivity (Wildman–Crippen MR) is 87.9 cm³/mol. The average molecular weight is 359 g/mol. The number of nitrogens with one attached hydrogen (secondary N) is 2. The van der Waals surface area contributed by atoms with Crippen molar-refractivity contribution in [1.29, 1.82) is 0 Å². The molecule has 0 radical (unpaired) electrons. The first kappa shape index (κ1) is 17.0. The molecule has 0 spiro atoms. The second kappa shape index (κ2) is 6.78. The fraction of sp³-hybridized carbons (Fsp3) is 0.214. The summed E-state index contributed by atoms with van der Waals surface area (Å²) in [6.45, 7) is 2.27. The maximum atomic E-state index is 12.1. The number of benzene rings is 1. The molecule has 8 heteroatoms. The Morgan fingerprint density at radius 1 is 1.27 bits per heavy atom. The summed E-state index contributed by atoms with van der Waals surface area (Å²) in [5.74, 6) is -0.308. The summed E-state index contributed by atoms with van der Waals surface area (Å²) < 4.78 is 25.6. The van der Waals surface area contributed by atoms with Crippen LogP contribution in [0.2, 0.25) is 5.02 Å². The zero-order valence-electron chi connectivity index (χ0n) is 12.0. The Kier molecular flexibility index (Phi) is 5.23. The highest BCUT2D eigenvalue weighted by molar-refractivity contribution is 7.91. The molecule has 1 aromatic heterocycles. The lowest BCUT2D eigenvalue weighted by atomic mass is 10.1. The summed E-state index contributed by atoms with van der Waals surface area (Å²) >= 11 is 6.82. The quantitative estimate of drug-likeness (QED) is 0.862. The van der Waals surface area contributed by atoms with Gasteiger partial charge in [-0.05, 0) is 49.4 Å². The van der Waals surface area contributed by atoms with Crippen molar-refractivity contribution in [2.24, 2.45) is 0 Å². The molecule has 1 amide bonds. The first-order chi connectivity index (χ1) is 10.3. The van der Waals surface area contributed by atoms with E-state index < -0.39 is 10.0 Å². The lowest BCUT2D eigenvalue weighted by Crippen LogP contribution is -2.22. The molecule has 0 aliphatic heterocycles. The van der Waals surface area contributed by atoms with Gasteiger partial charge in [0.25, 0.3) is 5.91 Å². The van der Waals surface area contributed by atoms with Crippen LogP contribution in [0.5, 0.6) is 0 Å². The normalized spacial score (nSPS) is 11.4. The summed E-state index contributed by atoms with van der Waals surface area (Å²) in [5, 5.41) is 3.42. The third-order valence-electron chi connectivity index (χ3n) is 3.08. The van der Waals surface area contributed by atoms with Gasteiger partial charge in [0, 0.05) is 11.6 Å². The molecule has 0 atom stereocenters. The molecule has 2 N–H and O–H groups in total. The average Bonchev–Trinajstić information content (AvgIpc) is 2.96. The van der Waals surface area contributed by atoms with E-state index in [1.807, 2.05) is 19.1 Å². The van der Waals surface area contributed by atoms with Gasteiger partial charge in [-0.2, -0.15) is 0 Å². The minimum Gasteiger partial charge on any atom is -0.347 e. The van der Waals surface area contributed by atoms with E-state index in [0.717, 1.165) is 22.5 Å². The number of thiophene rings is 1. The Labute approximate surface area is 138 Å². The molecule has 22 heavy (non-hydrogen) atoms. The number of sulfonamides is 1. The SMILES string of the molecule is CNS(=O)(=O)c1ccc(C(=O)NCc2ccc(Cl)cc2C)s1. The number of aryl methyl sites for hydroxylation is 1. The zero-order valence-corrected chi connectivity index (χ0v) is 14.4. The zero-order chi connectivity index (χ0) is 16.3. The van der Waals surface area contributed by atoms with Crippen molar-refractivity contribution in [2.75, 3.05) is 7.05 Å². The van der Waals surface area contributed by atoms with Crippen LogP contribution in [0.1, 0.15) is 20.8 Å². The summed E-state index contributed by atoms with van der Waals surface area (Å²) in [4.78, 5) is 12.4. The summed E-state index contributed by atoms with van der Waals surface area (Å²) in [5.41, 5.74) is 1.94. The summed E-state index contributed by atoms with van der Waals surface area (Å²) in [6.07, 6.45) is 0. The molecule has 2 rings (SSSR count). The van der Waals surface area contributed by atoms with Crippen LogP contribution in [-0.2, 0) is 16.6 Å². The minimum absolute atomic E-state index is 0.114. The second-order valence-corrected chi connectivity index (χ2v) is 8.21. The van der Waals surface area contributed by atoms with Crippen LogP contribution >= 0.6 is 22.9 Å². The number of carbonyl (C=O) groups excluding carboxylic acids is 1. The van der Waals surface area contributed by atoms with Gasteiger partial charge in [-0.25, -0.2) is 13.1 Å². The molecular formula is C14H15ClN2O3S2. The van der Waals surface area contributed by atoms with Crippen molar-refractivity contribution in [3.05, 3.63) is 51.4 Å².